The molecular formula is C13H23N3O2. The Hall–Kier alpha value is -1.10. The first-order valence-corrected chi connectivity index (χ1v) is 6.93. The van der Waals surface area contributed by atoms with Crippen LogP contribution in [0.15, 0.2) is 0 Å². The molecule has 5 nitrogen and oxygen atoms in total. The van der Waals surface area contributed by atoms with Gasteiger partial charge in [0.15, 0.2) is 0 Å². The van der Waals surface area contributed by atoms with E-state index in [1.165, 1.54) is 12.8 Å². The van der Waals surface area contributed by atoms with Gasteiger partial charge in [-0.2, -0.15) is 0 Å². The van der Waals surface area contributed by atoms with Gasteiger partial charge in [0.25, 0.3) is 0 Å². The largest absolute Gasteiger partial charge is 0.353 e. The van der Waals surface area contributed by atoms with Gasteiger partial charge in [0, 0.05) is 45.1 Å². The zero-order chi connectivity index (χ0) is 13.0. The number of rotatable bonds is 5. The minimum atomic E-state index is 0.129. The quantitative estimate of drug-likeness (QED) is 0.738. The zero-order valence-corrected chi connectivity index (χ0v) is 11.1. The number of nitrogens with zero attached hydrogens (tertiary/aromatic N) is 1. The van der Waals surface area contributed by atoms with Gasteiger partial charge in [-0.1, -0.05) is 0 Å². The fraction of sp³-hybridized carbons (Fsp3) is 0.846. The summed E-state index contributed by atoms with van der Waals surface area (Å²) in [6.45, 7) is 3.91. The van der Waals surface area contributed by atoms with Crippen LogP contribution in [0.5, 0.6) is 0 Å². The zero-order valence-electron chi connectivity index (χ0n) is 11.1. The van der Waals surface area contributed by atoms with Gasteiger partial charge in [-0.25, -0.2) is 0 Å². The monoisotopic (exact) mass is 253 g/mol. The number of carbonyl (C=O) groups is 2. The molecule has 102 valence electrons. The number of piperidine rings is 1. The van der Waals surface area contributed by atoms with E-state index in [0.29, 0.717) is 12.5 Å². The Kier molecular flexibility index (Phi) is 4.58. The van der Waals surface area contributed by atoms with Crippen molar-refractivity contribution in [3.63, 3.8) is 0 Å². The third-order valence-corrected chi connectivity index (χ3v) is 3.67. The van der Waals surface area contributed by atoms with E-state index in [-0.39, 0.29) is 17.9 Å². The maximum Gasteiger partial charge on any atom is 0.221 e. The first-order chi connectivity index (χ1) is 8.65. The topological polar surface area (TPSA) is 61.4 Å². The van der Waals surface area contributed by atoms with Gasteiger partial charge >= 0.3 is 0 Å². The van der Waals surface area contributed by atoms with Gasteiger partial charge in [0.2, 0.25) is 11.8 Å². The van der Waals surface area contributed by atoms with E-state index in [0.717, 1.165) is 32.5 Å². The van der Waals surface area contributed by atoms with Gasteiger partial charge < -0.3 is 15.5 Å². The number of carbonyl (C=O) groups excluding carboxylic acids is 2. The Bertz CT molecular complexity index is 307. The normalized spacial score (nSPS) is 20.8. The van der Waals surface area contributed by atoms with Crippen LogP contribution in [0.2, 0.25) is 0 Å². The van der Waals surface area contributed by atoms with Gasteiger partial charge in [0.05, 0.1) is 0 Å². The van der Waals surface area contributed by atoms with Gasteiger partial charge in [-0.05, 0) is 25.7 Å². The summed E-state index contributed by atoms with van der Waals surface area (Å²) in [5, 5.41) is 6.39. The summed E-state index contributed by atoms with van der Waals surface area (Å²) in [6, 6.07) is 0.908. The molecule has 0 aromatic carbocycles. The molecular weight excluding hydrogens is 230 g/mol. The van der Waals surface area contributed by atoms with Gasteiger partial charge in [-0.3, -0.25) is 9.59 Å². The number of hydrogen-bond donors (Lipinski definition) is 2. The lowest BCUT2D eigenvalue weighted by Crippen LogP contribution is -2.46. The van der Waals surface area contributed by atoms with Crippen molar-refractivity contribution >= 4 is 11.8 Å². The summed E-state index contributed by atoms with van der Waals surface area (Å²) in [7, 11) is 0. The molecule has 2 aliphatic rings. The summed E-state index contributed by atoms with van der Waals surface area (Å²) < 4.78 is 0. The van der Waals surface area contributed by atoms with Crippen molar-refractivity contribution in [3.05, 3.63) is 0 Å². The number of likely N-dealkylation sites (tertiary alicyclic amines) is 1. The standard InChI is InChI=1S/C13H23N3O2/c1-10(17)16-8-5-12(6-9-16)15-13(18)4-7-14-11-2-3-11/h11-12,14H,2-9H2,1H3,(H,15,18). The van der Waals surface area contributed by atoms with Gasteiger partial charge in [-0.15, -0.1) is 0 Å². The highest BCUT2D eigenvalue weighted by atomic mass is 16.2. The van der Waals surface area contributed by atoms with Gasteiger partial charge in [0.1, 0.15) is 0 Å². The van der Waals surface area contributed by atoms with Crippen molar-refractivity contribution in [2.45, 2.75) is 51.1 Å². The molecule has 1 saturated heterocycles. The van der Waals surface area contributed by atoms with E-state index >= 15 is 0 Å². The molecule has 1 saturated carbocycles. The summed E-state index contributed by atoms with van der Waals surface area (Å²) in [5.74, 6) is 0.262. The lowest BCUT2D eigenvalue weighted by molar-refractivity contribution is -0.130. The second-order valence-electron chi connectivity index (χ2n) is 5.33. The number of amides is 2. The van der Waals surface area contributed by atoms with E-state index < -0.39 is 0 Å². The van der Waals surface area contributed by atoms with E-state index in [4.69, 9.17) is 0 Å². The fourth-order valence-corrected chi connectivity index (χ4v) is 2.32. The van der Waals surface area contributed by atoms with Crippen molar-refractivity contribution in [2.24, 2.45) is 0 Å². The average molecular weight is 253 g/mol. The highest BCUT2D eigenvalue weighted by Crippen LogP contribution is 2.18. The number of nitrogens with one attached hydrogen (secondary N) is 2. The molecule has 0 spiro atoms. The highest BCUT2D eigenvalue weighted by Gasteiger charge is 2.23. The van der Waals surface area contributed by atoms with E-state index in [1.807, 2.05) is 4.90 Å². The third-order valence-electron chi connectivity index (χ3n) is 3.67. The van der Waals surface area contributed by atoms with Crippen LogP contribution in [0.25, 0.3) is 0 Å². The second kappa shape index (κ2) is 6.18. The lowest BCUT2D eigenvalue weighted by atomic mass is 10.0. The molecule has 0 aromatic rings. The van der Waals surface area contributed by atoms with E-state index in [1.54, 1.807) is 6.92 Å². The van der Waals surface area contributed by atoms with Crippen molar-refractivity contribution in [3.8, 4) is 0 Å². The fourth-order valence-electron chi connectivity index (χ4n) is 2.32. The van der Waals surface area contributed by atoms with Crippen LogP contribution >= 0.6 is 0 Å². The summed E-state index contributed by atoms with van der Waals surface area (Å²) in [4.78, 5) is 24.7. The predicted octanol–water partition coefficient (Wildman–Crippen LogP) is 0.256. The Morgan fingerprint density at radius 2 is 1.78 bits per heavy atom. The average Bonchev–Trinajstić information content (AvgIpc) is 3.13. The molecule has 2 N–H and O–H groups in total. The number of hydrogen-bond acceptors (Lipinski definition) is 3. The minimum absolute atomic E-state index is 0.129. The summed E-state index contributed by atoms with van der Waals surface area (Å²) >= 11 is 0. The molecule has 0 aromatic heterocycles. The molecule has 2 amide bonds. The highest BCUT2D eigenvalue weighted by molar-refractivity contribution is 5.76. The van der Waals surface area contributed by atoms with Crippen LogP contribution in [0.1, 0.15) is 39.0 Å². The SMILES string of the molecule is CC(=O)N1CCC(NC(=O)CCNC2CC2)CC1. The van der Waals surface area contributed by atoms with Crippen molar-refractivity contribution in [2.75, 3.05) is 19.6 Å². The van der Waals surface area contributed by atoms with Crippen molar-refractivity contribution in [1.82, 2.24) is 15.5 Å². The molecule has 2 fully saturated rings. The molecule has 0 bridgehead atoms. The molecule has 18 heavy (non-hydrogen) atoms. The minimum Gasteiger partial charge on any atom is -0.353 e. The Morgan fingerprint density at radius 3 is 2.33 bits per heavy atom. The molecule has 5 heteroatoms. The maximum absolute atomic E-state index is 11.7. The van der Waals surface area contributed by atoms with Crippen LogP contribution in [0, 0.1) is 0 Å². The van der Waals surface area contributed by atoms with E-state index in [9.17, 15) is 9.59 Å². The molecule has 2 rings (SSSR count). The third kappa shape index (κ3) is 4.29. The van der Waals surface area contributed by atoms with Crippen molar-refractivity contribution < 1.29 is 9.59 Å². The Labute approximate surface area is 108 Å². The Balaban J connectivity index is 1.58. The van der Waals surface area contributed by atoms with Crippen LogP contribution in [0.3, 0.4) is 0 Å². The maximum atomic E-state index is 11.7. The molecule has 1 heterocycles. The van der Waals surface area contributed by atoms with Crippen LogP contribution < -0.4 is 10.6 Å². The summed E-state index contributed by atoms with van der Waals surface area (Å²) in [6.07, 6.45) is 4.82. The Morgan fingerprint density at radius 1 is 1.11 bits per heavy atom. The van der Waals surface area contributed by atoms with Crippen LogP contribution in [-0.4, -0.2) is 48.4 Å². The van der Waals surface area contributed by atoms with Crippen LogP contribution in [0.4, 0.5) is 0 Å². The molecule has 0 atom stereocenters. The summed E-state index contributed by atoms with van der Waals surface area (Å²) in [5.41, 5.74) is 0. The molecule has 0 radical (unpaired) electrons. The lowest BCUT2D eigenvalue weighted by Gasteiger charge is -2.31. The predicted molar refractivity (Wildman–Crippen MR) is 69.1 cm³/mol. The molecule has 1 aliphatic heterocycles. The van der Waals surface area contributed by atoms with Crippen LogP contribution in [-0.2, 0) is 9.59 Å². The smallest absolute Gasteiger partial charge is 0.221 e. The first-order valence-electron chi connectivity index (χ1n) is 6.93. The van der Waals surface area contributed by atoms with Crippen molar-refractivity contribution in [1.29, 1.82) is 0 Å². The molecule has 1 aliphatic carbocycles. The van der Waals surface area contributed by atoms with E-state index in [2.05, 4.69) is 10.6 Å². The second-order valence-corrected chi connectivity index (χ2v) is 5.33. The molecule has 0 unspecified atom stereocenters. The first kappa shape index (κ1) is 13.3.